The van der Waals surface area contributed by atoms with Crippen molar-refractivity contribution < 1.29 is 14.4 Å². The molecule has 1 aliphatic heterocycles. The van der Waals surface area contributed by atoms with Crippen LogP contribution in [0.15, 0.2) is 30.3 Å². The standard InChI is InChI=1S/C13H7NO3/c15-6-7-4-5-10-11-8(7)2-1-3-9(11)12(16)14-13(10)17/h1-6H,(H,14,16,17). The Morgan fingerprint density at radius 2 is 1.65 bits per heavy atom. The van der Waals surface area contributed by atoms with Crippen LogP contribution in [0, 0.1) is 0 Å². The summed E-state index contributed by atoms with van der Waals surface area (Å²) in [5.41, 5.74) is 1.34. The summed E-state index contributed by atoms with van der Waals surface area (Å²) in [6.45, 7) is 0. The van der Waals surface area contributed by atoms with E-state index in [0.717, 1.165) is 6.29 Å². The summed E-state index contributed by atoms with van der Waals surface area (Å²) in [5, 5.41) is 3.46. The molecular weight excluding hydrogens is 218 g/mol. The molecule has 2 aromatic rings. The van der Waals surface area contributed by atoms with Gasteiger partial charge in [0.2, 0.25) is 0 Å². The monoisotopic (exact) mass is 225 g/mol. The van der Waals surface area contributed by atoms with Gasteiger partial charge in [-0.05, 0) is 17.5 Å². The van der Waals surface area contributed by atoms with Crippen molar-refractivity contribution >= 4 is 28.9 Å². The van der Waals surface area contributed by atoms with Crippen molar-refractivity contribution in [3.8, 4) is 0 Å². The first kappa shape index (κ1) is 9.72. The molecule has 0 saturated carbocycles. The molecule has 0 bridgehead atoms. The molecule has 2 amide bonds. The SMILES string of the molecule is O=Cc1ccc2c3c(cccc13)C(=O)NC2=O. The molecule has 0 fully saturated rings. The molecule has 0 saturated heterocycles. The second kappa shape index (κ2) is 3.25. The molecule has 0 atom stereocenters. The maximum absolute atomic E-state index is 11.7. The number of carbonyl (C=O) groups is 3. The van der Waals surface area contributed by atoms with Crippen molar-refractivity contribution in [1.29, 1.82) is 0 Å². The largest absolute Gasteiger partial charge is 0.298 e. The van der Waals surface area contributed by atoms with Crippen LogP contribution >= 0.6 is 0 Å². The molecular formula is C13H7NO3. The van der Waals surface area contributed by atoms with Gasteiger partial charge in [0.15, 0.2) is 6.29 Å². The second-order valence-corrected chi connectivity index (χ2v) is 3.83. The molecule has 0 aromatic heterocycles. The maximum Gasteiger partial charge on any atom is 0.258 e. The zero-order valence-electron chi connectivity index (χ0n) is 8.69. The molecule has 4 nitrogen and oxygen atoms in total. The van der Waals surface area contributed by atoms with E-state index in [0.29, 0.717) is 27.5 Å². The predicted molar refractivity (Wildman–Crippen MR) is 61.1 cm³/mol. The van der Waals surface area contributed by atoms with Crippen molar-refractivity contribution in [2.24, 2.45) is 0 Å². The first-order valence-electron chi connectivity index (χ1n) is 5.09. The van der Waals surface area contributed by atoms with E-state index in [9.17, 15) is 14.4 Å². The van der Waals surface area contributed by atoms with E-state index >= 15 is 0 Å². The summed E-state index contributed by atoms with van der Waals surface area (Å²) in [6.07, 6.45) is 0.722. The third kappa shape index (κ3) is 1.21. The molecule has 1 N–H and O–H groups in total. The topological polar surface area (TPSA) is 63.2 Å². The molecule has 0 aliphatic carbocycles. The van der Waals surface area contributed by atoms with Crippen LogP contribution in [0.25, 0.3) is 10.8 Å². The van der Waals surface area contributed by atoms with Crippen LogP contribution in [0.4, 0.5) is 0 Å². The zero-order chi connectivity index (χ0) is 12.0. The van der Waals surface area contributed by atoms with Gasteiger partial charge in [0, 0.05) is 22.1 Å². The van der Waals surface area contributed by atoms with Gasteiger partial charge in [0.05, 0.1) is 0 Å². The van der Waals surface area contributed by atoms with E-state index in [2.05, 4.69) is 5.32 Å². The third-order valence-corrected chi connectivity index (χ3v) is 2.92. The zero-order valence-corrected chi connectivity index (χ0v) is 8.69. The molecule has 4 heteroatoms. The fraction of sp³-hybridized carbons (Fsp3) is 0. The van der Waals surface area contributed by atoms with E-state index in [-0.39, 0.29) is 0 Å². The van der Waals surface area contributed by atoms with Gasteiger partial charge in [-0.1, -0.05) is 18.2 Å². The smallest absolute Gasteiger partial charge is 0.258 e. The van der Waals surface area contributed by atoms with E-state index in [4.69, 9.17) is 0 Å². The Hall–Kier alpha value is -2.49. The highest BCUT2D eigenvalue weighted by molar-refractivity contribution is 6.26. The van der Waals surface area contributed by atoms with E-state index in [1.807, 2.05) is 0 Å². The van der Waals surface area contributed by atoms with Crippen LogP contribution in [0.2, 0.25) is 0 Å². The number of carbonyl (C=O) groups excluding carboxylic acids is 3. The summed E-state index contributed by atoms with van der Waals surface area (Å²) < 4.78 is 0. The van der Waals surface area contributed by atoms with Crippen molar-refractivity contribution in [1.82, 2.24) is 5.32 Å². The van der Waals surface area contributed by atoms with Crippen molar-refractivity contribution in [2.45, 2.75) is 0 Å². The van der Waals surface area contributed by atoms with Crippen LogP contribution in [-0.4, -0.2) is 18.1 Å². The second-order valence-electron chi connectivity index (χ2n) is 3.83. The fourth-order valence-corrected chi connectivity index (χ4v) is 2.15. The van der Waals surface area contributed by atoms with Gasteiger partial charge >= 0.3 is 0 Å². The minimum atomic E-state index is -0.420. The van der Waals surface area contributed by atoms with Crippen LogP contribution in [0.5, 0.6) is 0 Å². The third-order valence-electron chi connectivity index (χ3n) is 2.92. The number of imide groups is 1. The lowest BCUT2D eigenvalue weighted by molar-refractivity contribution is 0.0844. The fourth-order valence-electron chi connectivity index (χ4n) is 2.15. The molecule has 1 aliphatic rings. The molecule has 82 valence electrons. The molecule has 2 aromatic carbocycles. The summed E-state index contributed by atoms with van der Waals surface area (Å²) in [6, 6.07) is 8.23. The van der Waals surface area contributed by atoms with Gasteiger partial charge < -0.3 is 0 Å². The van der Waals surface area contributed by atoms with Gasteiger partial charge in [-0.15, -0.1) is 0 Å². The van der Waals surface area contributed by atoms with Crippen LogP contribution in [0.3, 0.4) is 0 Å². The minimum Gasteiger partial charge on any atom is -0.298 e. The number of aldehydes is 1. The summed E-state index contributed by atoms with van der Waals surface area (Å²) in [5.74, 6) is -0.840. The van der Waals surface area contributed by atoms with Crippen molar-refractivity contribution in [2.75, 3.05) is 0 Å². The lowest BCUT2D eigenvalue weighted by atomic mass is 9.93. The normalized spacial score (nSPS) is 13.6. The number of benzene rings is 2. The predicted octanol–water partition coefficient (Wildman–Crippen LogP) is 1.54. The number of nitrogens with one attached hydrogen (secondary N) is 1. The Kier molecular flexibility index (Phi) is 1.86. The first-order chi connectivity index (χ1) is 8.22. The number of hydrogen-bond donors (Lipinski definition) is 1. The highest BCUT2D eigenvalue weighted by atomic mass is 16.2. The van der Waals surface area contributed by atoms with Gasteiger partial charge in [0.1, 0.15) is 0 Å². The Morgan fingerprint density at radius 1 is 0.941 bits per heavy atom. The number of amides is 2. The number of rotatable bonds is 1. The molecule has 0 unspecified atom stereocenters. The maximum atomic E-state index is 11.7. The lowest BCUT2D eigenvalue weighted by Crippen LogP contribution is -2.34. The van der Waals surface area contributed by atoms with Gasteiger partial charge in [-0.2, -0.15) is 0 Å². The van der Waals surface area contributed by atoms with Gasteiger partial charge in [0.25, 0.3) is 11.8 Å². The van der Waals surface area contributed by atoms with Crippen molar-refractivity contribution in [3.63, 3.8) is 0 Å². The van der Waals surface area contributed by atoms with Crippen molar-refractivity contribution in [3.05, 3.63) is 47.0 Å². The lowest BCUT2D eigenvalue weighted by Gasteiger charge is -2.16. The molecule has 3 rings (SSSR count). The van der Waals surface area contributed by atoms with E-state index in [1.165, 1.54) is 0 Å². The van der Waals surface area contributed by atoms with Crippen LogP contribution in [-0.2, 0) is 0 Å². The number of hydrogen-bond acceptors (Lipinski definition) is 3. The average Bonchev–Trinajstić information content (AvgIpc) is 2.35. The molecule has 0 radical (unpaired) electrons. The summed E-state index contributed by atoms with van der Waals surface area (Å²) in [4.78, 5) is 34.3. The highest BCUT2D eigenvalue weighted by Crippen LogP contribution is 2.28. The Bertz CT molecular complexity index is 668. The summed E-state index contributed by atoms with van der Waals surface area (Å²) in [7, 11) is 0. The van der Waals surface area contributed by atoms with Gasteiger partial charge in [-0.25, -0.2) is 0 Å². The van der Waals surface area contributed by atoms with E-state index < -0.39 is 11.8 Å². The van der Waals surface area contributed by atoms with Gasteiger partial charge in [-0.3, -0.25) is 19.7 Å². The quantitative estimate of drug-likeness (QED) is 0.591. The highest BCUT2D eigenvalue weighted by Gasteiger charge is 2.25. The minimum absolute atomic E-state index is 0.420. The molecule has 0 spiro atoms. The Balaban J connectivity index is 2.56. The average molecular weight is 225 g/mol. The Labute approximate surface area is 96.2 Å². The van der Waals surface area contributed by atoms with E-state index in [1.54, 1.807) is 30.3 Å². The van der Waals surface area contributed by atoms with Crippen LogP contribution < -0.4 is 5.32 Å². The first-order valence-corrected chi connectivity index (χ1v) is 5.09. The Morgan fingerprint density at radius 3 is 2.35 bits per heavy atom. The summed E-state index contributed by atoms with van der Waals surface area (Å²) >= 11 is 0. The molecule has 17 heavy (non-hydrogen) atoms. The molecule has 1 heterocycles. The van der Waals surface area contributed by atoms with Crippen LogP contribution in [0.1, 0.15) is 31.1 Å².